The number of aliphatic carboxylic acids is 1. The Morgan fingerprint density at radius 2 is 1.75 bits per heavy atom. The van der Waals surface area contributed by atoms with Crippen LogP contribution in [0.4, 0.5) is 0 Å². The second-order valence-electron chi connectivity index (χ2n) is 7.36. The van der Waals surface area contributed by atoms with Gasteiger partial charge in [-0.3, -0.25) is 4.79 Å². The maximum Gasteiger partial charge on any atom is 0.326 e. The molecule has 1 heterocycles. The van der Waals surface area contributed by atoms with Crippen LogP contribution in [-0.2, 0) is 20.7 Å². The van der Waals surface area contributed by atoms with Crippen LogP contribution in [0.15, 0.2) is 60.7 Å². The highest BCUT2D eigenvalue weighted by molar-refractivity contribution is 5.84. The second kappa shape index (κ2) is 10.0. The highest BCUT2D eigenvalue weighted by Gasteiger charge is 2.32. The lowest BCUT2D eigenvalue weighted by molar-refractivity contribution is -0.145. The molecule has 0 aliphatic carbocycles. The molecular weight excluding hydrogens is 354 g/mol. The summed E-state index contributed by atoms with van der Waals surface area (Å²) in [4.78, 5) is 24.5. The van der Waals surface area contributed by atoms with Crippen LogP contribution in [-0.4, -0.2) is 36.2 Å². The minimum Gasteiger partial charge on any atom is -0.480 e. The van der Waals surface area contributed by atoms with Gasteiger partial charge in [0.2, 0.25) is 5.91 Å². The molecule has 3 rings (SSSR count). The van der Waals surface area contributed by atoms with Crippen molar-refractivity contribution < 1.29 is 19.4 Å². The number of amides is 1. The summed E-state index contributed by atoms with van der Waals surface area (Å²) in [5.74, 6) is -1.42. The van der Waals surface area contributed by atoms with Crippen LogP contribution < -0.4 is 5.32 Å². The number of carboxylic acid groups (broad SMARTS) is 1. The van der Waals surface area contributed by atoms with Crippen LogP contribution in [0.3, 0.4) is 0 Å². The van der Waals surface area contributed by atoms with Gasteiger partial charge >= 0.3 is 5.97 Å². The Morgan fingerprint density at radius 3 is 2.36 bits per heavy atom. The quantitative estimate of drug-likeness (QED) is 0.735. The minimum absolute atomic E-state index is 0.0133. The molecule has 3 unspecified atom stereocenters. The Hall–Kier alpha value is -2.66. The van der Waals surface area contributed by atoms with Gasteiger partial charge in [0.05, 0.1) is 6.61 Å². The first-order valence-corrected chi connectivity index (χ1v) is 9.82. The third-order valence-corrected chi connectivity index (χ3v) is 5.28. The van der Waals surface area contributed by atoms with Crippen LogP contribution in [0.1, 0.15) is 36.3 Å². The maximum absolute atomic E-state index is 12.8. The molecule has 0 aromatic heterocycles. The van der Waals surface area contributed by atoms with Crippen LogP contribution in [0.5, 0.6) is 0 Å². The van der Waals surface area contributed by atoms with E-state index in [9.17, 15) is 14.7 Å². The van der Waals surface area contributed by atoms with Crippen molar-refractivity contribution in [2.75, 3.05) is 13.2 Å². The summed E-state index contributed by atoms with van der Waals surface area (Å²) in [7, 11) is 0. The predicted octanol–water partition coefficient (Wildman–Crippen LogP) is 3.40. The number of hydrogen-bond donors (Lipinski definition) is 2. The highest BCUT2D eigenvalue weighted by atomic mass is 16.5. The zero-order valence-corrected chi connectivity index (χ0v) is 15.9. The molecule has 1 amide bonds. The summed E-state index contributed by atoms with van der Waals surface area (Å²) >= 11 is 0. The predicted molar refractivity (Wildman–Crippen MR) is 107 cm³/mol. The van der Waals surface area contributed by atoms with E-state index in [4.69, 9.17) is 4.74 Å². The lowest BCUT2D eigenvalue weighted by atomic mass is 9.88. The van der Waals surface area contributed by atoms with E-state index >= 15 is 0 Å². The van der Waals surface area contributed by atoms with Gasteiger partial charge in [-0.1, -0.05) is 60.7 Å². The van der Waals surface area contributed by atoms with Crippen molar-refractivity contribution in [1.82, 2.24) is 5.32 Å². The molecular formula is C23H27NO4. The molecule has 2 N–H and O–H groups in total. The first kappa shape index (κ1) is 20.1. The molecule has 28 heavy (non-hydrogen) atoms. The van der Waals surface area contributed by atoms with Gasteiger partial charge in [-0.05, 0) is 36.3 Å². The van der Waals surface area contributed by atoms with E-state index in [0.717, 1.165) is 30.4 Å². The van der Waals surface area contributed by atoms with E-state index in [1.54, 1.807) is 0 Å². The van der Waals surface area contributed by atoms with Crippen LogP contribution in [0.25, 0.3) is 0 Å². The Labute approximate surface area is 165 Å². The summed E-state index contributed by atoms with van der Waals surface area (Å²) in [5, 5.41) is 12.3. The average molecular weight is 381 g/mol. The van der Waals surface area contributed by atoms with Crippen LogP contribution >= 0.6 is 0 Å². The third-order valence-electron chi connectivity index (χ3n) is 5.28. The molecule has 0 saturated carbocycles. The molecule has 2 aromatic carbocycles. The van der Waals surface area contributed by atoms with E-state index in [-0.39, 0.29) is 24.2 Å². The fourth-order valence-corrected chi connectivity index (χ4v) is 3.80. The van der Waals surface area contributed by atoms with Crippen molar-refractivity contribution in [1.29, 1.82) is 0 Å². The molecule has 0 bridgehead atoms. The number of carboxylic acids is 1. The van der Waals surface area contributed by atoms with Gasteiger partial charge in [0, 0.05) is 18.9 Å². The van der Waals surface area contributed by atoms with Crippen molar-refractivity contribution in [2.24, 2.45) is 5.92 Å². The van der Waals surface area contributed by atoms with Gasteiger partial charge in [0.1, 0.15) is 6.04 Å². The smallest absolute Gasteiger partial charge is 0.326 e. The van der Waals surface area contributed by atoms with Gasteiger partial charge in [-0.25, -0.2) is 4.79 Å². The monoisotopic (exact) mass is 381 g/mol. The number of rotatable bonds is 8. The number of carbonyl (C=O) groups is 2. The van der Waals surface area contributed by atoms with Gasteiger partial charge < -0.3 is 15.2 Å². The first-order valence-electron chi connectivity index (χ1n) is 9.82. The topological polar surface area (TPSA) is 75.6 Å². The van der Waals surface area contributed by atoms with Crippen LogP contribution in [0, 0.1) is 5.92 Å². The summed E-state index contributed by atoms with van der Waals surface area (Å²) in [6.45, 7) is 1.04. The highest BCUT2D eigenvalue weighted by Crippen LogP contribution is 2.25. The maximum atomic E-state index is 12.8. The molecule has 1 aliphatic rings. The zero-order chi connectivity index (χ0) is 19.8. The minimum atomic E-state index is -0.997. The summed E-state index contributed by atoms with van der Waals surface area (Å²) in [5.41, 5.74) is 2.23. The van der Waals surface area contributed by atoms with E-state index in [1.165, 1.54) is 0 Å². The Bertz CT molecular complexity index is 757. The van der Waals surface area contributed by atoms with Gasteiger partial charge in [-0.2, -0.15) is 0 Å². The average Bonchev–Trinajstić information content (AvgIpc) is 2.73. The Balaban J connectivity index is 1.70. The van der Waals surface area contributed by atoms with E-state index in [1.807, 2.05) is 60.7 Å². The van der Waals surface area contributed by atoms with Crippen molar-refractivity contribution in [3.05, 3.63) is 71.8 Å². The summed E-state index contributed by atoms with van der Waals surface area (Å²) in [6.07, 6.45) is 2.55. The normalized spacial score (nSPS) is 18.8. The molecule has 2 aromatic rings. The lowest BCUT2D eigenvalue weighted by Crippen LogP contribution is -2.48. The van der Waals surface area contributed by atoms with Gasteiger partial charge in [0.15, 0.2) is 0 Å². The lowest BCUT2D eigenvalue weighted by Gasteiger charge is -2.28. The van der Waals surface area contributed by atoms with Crippen LogP contribution in [0.2, 0.25) is 0 Å². The summed E-state index contributed by atoms with van der Waals surface area (Å²) in [6, 6.07) is 19.1. The van der Waals surface area contributed by atoms with Crippen molar-refractivity contribution in [3.8, 4) is 0 Å². The first-order chi connectivity index (χ1) is 13.6. The number of carbonyl (C=O) groups excluding carboxylic acids is 1. The largest absolute Gasteiger partial charge is 0.480 e. The third kappa shape index (κ3) is 5.67. The van der Waals surface area contributed by atoms with E-state index in [0.29, 0.717) is 13.2 Å². The van der Waals surface area contributed by atoms with Crippen molar-refractivity contribution in [2.45, 2.75) is 37.6 Å². The number of nitrogens with one attached hydrogen (secondary N) is 1. The van der Waals surface area contributed by atoms with Crippen molar-refractivity contribution in [3.63, 3.8) is 0 Å². The second-order valence-corrected chi connectivity index (χ2v) is 7.36. The number of hydrogen-bond acceptors (Lipinski definition) is 3. The molecule has 0 radical (unpaired) electrons. The molecule has 3 atom stereocenters. The standard InChI is InChI=1S/C23H27NO4/c25-21(24-22(23(26)27)19-12-7-13-28-16-19)15-20(18-10-5-2-6-11-18)14-17-8-3-1-4-9-17/h1-6,8-11,19-20,22H,7,12-16H2,(H,24,25)(H,26,27). The van der Waals surface area contributed by atoms with E-state index < -0.39 is 12.0 Å². The number of benzene rings is 2. The van der Waals surface area contributed by atoms with E-state index in [2.05, 4.69) is 5.32 Å². The molecule has 0 spiro atoms. The molecule has 148 valence electrons. The van der Waals surface area contributed by atoms with Gasteiger partial charge in [-0.15, -0.1) is 0 Å². The molecule has 1 saturated heterocycles. The molecule has 5 heteroatoms. The van der Waals surface area contributed by atoms with Gasteiger partial charge in [0.25, 0.3) is 0 Å². The zero-order valence-electron chi connectivity index (χ0n) is 15.9. The Morgan fingerprint density at radius 1 is 1.07 bits per heavy atom. The molecule has 1 aliphatic heterocycles. The number of ether oxygens (including phenoxy) is 1. The fourth-order valence-electron chi connectivity index (χ4n) is 3.80. The fraction of sp³-hybridized carbons (Fsp3) is 0.391. The Kier molecular flexibility index (Phi) is 7.20. The molecule has 1 fully saturated rings. The molecule has 5 nitrogen and oxygen atoms in total. The summed E-state index contributed by atoms with van der Waals surface area (Å²) < 4.78 is 5.41. The SMILES string of the molecule is O=C(CC(Cc1ccccc1)c1ccccc1)NC(C(=O)O)C1CCCOC1. The van der Waals surface area contributed by atoms with Crippen molar-refractivity contribution >= 4 is 11.9 Å².